The number of carbonyl (C=O) groups is 1. The number of carbonyl (C=O) groups excluding carboxylic acids is 1. The summed E-state index contributed by atoms with van der Waals surface area (Å²) in [5.41, 5.74) is 0. The van der Waals surface area contributed by atoms with Crippen molar-refractivity contribution in [3.05, 3.63) is 24.6 Å². The number of aliphatic hydroxyl groups is 3. The van der Waals surface area contributed by atoms with Gasteiger partial charge in [-0.2, -0.15) is 11.8 Å². The molecule has 0 spiro atoms. The Morgan fingerprint density at radius 1 is 1.19 bits per heavy atom. The molecule has 0 rings (SSSR count). The Kier molecular flexibility index (Phi) is 61.2. The van der Waals surface area contributed by atoms with Gasteiger partial charge in [-0.05, 0) is 18.6 Å². The van der Waals surface area contributed by atoms with Crippen LogP contribution >= 0.6 is 27.7 Å². The van der Waals surface area contributed by atoms with E-state index in [1.165, 1.54) is 6.08 Å². The first-order chi connectivity index (χ1) is 9.14. The van der Waals surface area contributed by atoms with Crippen LogP contribution in [0.4, 0.5) is 0 Å². The first-order valence-electron chi connectivity index (χ1n) is 5.48. The number of rotatable bonds is 8. The maximum Gasteiger partial charge on any atom is 1.00 e. The number of aliphatic hydroxyl groups excluding tert-OH is 3. The summed E-state index contributed by atoms with van der Waals surface area (Å²) < 4.78 is 0. The summed E-state index contributed by atoms with van der Waals surface area (Å²) in [4.78, 5) is 10.1. The molecule has 0 heterocycles. The molecule has 0 aromatic heterocycles. The van der Waals surface area contributed by atoms with Gasteiger partial charge < -0.3 is 33.8 Å². The van der Waals surface area contributed by atoms with Crippen LogP contribution in [0.2, 0.25) is 0 Å². The summed E-state index contributed by atoms with van der Waals surface area (Å²) >= 11 is 4.48. The van der Waals surface area contributed by atoms with Gasteiger partial charge >= 0.3 is 59.1 Å². The Morgan fingerprint density at radius 3 is 1.95 bits per heavy atom. The van der Waals surface area contributed by atoms with Crippen LogP contribution in [0.25, 0.3) is 0 Å². The van der Waals surface area contributed by atoms with Crippen LogP contribution in [-0.4, -0.2) is 52.3 Å². The Morgan fingerprint density at radius 2 is 1.71 bits per heavy atom. The minimum Gasteiger partial charge on any atom is -0.516 e. The molecule has 5 nitrogen and oxygen atoms in total. The van der Waals surface area contributed by atoms with Crippen molar-refractivity contribution in [2.24, 2.45) is 0 Å². The van der Waals surface area contributed by atoms with E-state index < -0.39 is 0 Å². The molecule has 0 aliphatic rings. The van der Waals surface area contributed by atoms with Gasteiger partial charge in [0.1, 0.15) is 6.73 Å². The van der Waals surface area contributed by atoms with Crippen molar-refractivity contribution in [2.75, 3.05) is 31.0 Å². The second-order valence-corrected chi connectivity index (χ2v) is 4.32. The van der Waals surface area contributed by atoms with E-state index in [0.717, 1.165) is 18.6 Å². The molecule has 0 atom stereocenters. The Bertz CT molecular complexity index is 216. The topological polar surface area (TPSA) is 89.8 Å². The second-order valence-electron chi connectivity index (χ2n) is 2.75. The quantitative estimate of drug-likeness (QED) is 0.107. The van der Waals surface area contributed by atoms with Crippen molar-refractivity contribution < 1.29 is 79.2 Å². The van der Waals surface area contributed by atoms with Crippen LogP contribution in [0.3, 0.4) is 0 Å². The van der Waals surface area contributed by atoms with Gasteiger partial charge in [0.05, 0.1) is 5.33 Å². The van der Waals surface area contributed by atoms with Crippen molar-refractivity contribution in [3.8, 4) is 0 Å². The average molecular weight is 402 g/mol. The van der Waals surface area contributed by atoms with Crippen molar-refractivity contribution in [1.29, 1.82) is 0 Å². The predicted molar refractivity (Wildman–Crippen MR) is 82.6 cm³/mol. The van der Waals surface area contributed by atoms with Gasteiger partial charge in [0.25, 0.3) is 0 Å². The van der Waals surface area contributed by atoms with E-state index >= 15 is 0 Å². The zero-order chi connectivity index (χ0) is 15.4. The monoisotopic (exact) mass is 401 g/mol. The van der Waals surface area contributed by atoms with E-state index in [2.05, 4.69) is 27.8 Å². The Hall–Kier alpha value is 1.66. The van der Waals surface area contributed by atoms with E-state index in [0.29, 0.717) is 6.61 Å². The standard InChI is InChI=1S/C6H11OS.C3H6BrNO2.C3H5O.2Na/c1-2-8-6-4-3-5-7;4-1-3(7)5-2-6;1-2-3-4;;/h1-2,7H,3-6H2;6H,1-2H2,(H,5,7);1-2,4H,3H2;;/q-1;;-1;2*+1. The summed E-state index contributed by atoms with van der Waals surface area (Å²) in [7, 11) is 0. The van der Waals surface area contributed by atoms with E-state index in [9.17, 15) is 4.79 Å². The number of alkyl halides is 1. The zero-order valence-electron chi connectivity index (χ0n) is 12.8. The van der Waals surface area contributed by atoms with Gasteiger partial charge in [-0.3, -0.25) is 4.79 Å². The molecule has 0 saturated heterocycles. The summed E-state index contributed by atoms with van der Waals surface area (Å²) in [5, 5.41) is 28.0. The normalized spacial score (nSPS) is 7.43. The summed E-state index contributed by atoms with van der Waals surface area (Å²) in [6, 6.07) is 0. The molecule has 0 aromatic rings. The Balaban J connectivity index is -0.0000000610. The number of hydrogen-bond acceptors (Lipinski definition) is 5. The molecule has 9 heteroatoms. The minimum atomic E-state index is -0.287. The number of hydrogen-bond donors (Lipinski definition) is 4. The van der Waals surface area contributed by atoms with E-state index in [1.807, 2.05) is 0 Å². The van der Waals surface area contributed by atoms with E-state index in [1.54, 1.807) is 17.2 Å². The Labute approximate surface area is 184 Å². The molecule has 0 unspecified atom stereocenters. The van der Waals surface area contributed by atoms with Gasteiger partial charge in [-0.1, -0.05) is 15.9 Å². The maximum atomic E-state index is 10.1. The largest absolute Gasteiger partial charge is 1.00 e. The number of nitrogens with one attached hydrogen (secondary N) is 1. The van der Waals surface area contributed by atoms with Crippen molar-refractivity contribution in [3.63, 3.8) is 0 Å². The fourth-order valence-corrected chi connectivity index (χ4v) is 1.21. The fraction of sp³-hybridized carbons (Fsp3) is 0.583. The van der Waals surface area contributed by atoms with Crippen LogP contribution in [-0.2, 0) is 4.79 Å². The number of unbranched alkanes of at least 4 members (excludes halogenated alkanes) is 1. The molecule has 21 heavy (non-hydrogen) atoms. The van der Waals surface area contributed by atoms with Gasteiger partial charge in [0, 0.05) is 13.2 Å². The summed E-state index contributed by atoms with van der Waals surface area (Å²) in [6.45, 7) is 9.72. The molecule has 0 fully saturated rings. The molecule has 0 bridgehead atoms. The molecule has 1 amide bonds. The molecule has 114 valence electrons. The van der Waals surface area contributed by atoms with Crippen LogP contribution in [0.1, 0.15) is 12.8 Å². The van der Waals surface area contributed by atoms with Crippen LogP contribution in [0.15, 0.2) is 11.5 Å². The van der Waals surface area contributed by atoms with E-state index in [4.69, 9.17) is 21.9 Å². The number of thioether (sulfide) groups is 1. The SMILES string of the molecule is O=C(CBr)NCO.[CH-]=CCO.[CH-]=CSCCCCO.[Na+].[Na+]. The third-order valence-electron chi connectivity index (χ3n) is 1.27. The van der Waals surface area contributed by atoms with Crippen molar-refractivity contribution in [2.45, 2.75) is 12.8 Å². The summed E-state index contributed by atoms with van der Waals surface area (Å²) in [6.07, 6.45) is 3.12. The molecule has 0 aromatic carbocycles. The molecule has 0 radical (unpaired) electrons. The third kappa shape index (κ3) is 52.2. The van der Waals surface area contributed by atoms with Crippen LogP contribution in [0.5, 0.6) is 0 Å². The molecule has 0 aliphatic heterocycles. The number of amides is 1. The van der Waals surface area contributed by atoms with Crippen LogP contribution in [0, 0.1) is 13.2 Å². The predicted octanol–water partition coefficient (Wildman–Crippen LogP) is -5.14. The van der Waals surface area contributed by atoms with E-state index in [-0.39, 0.29) is 83.7 Å². The van der Waals surface area contributed by atoms with Gasteiger partial charge in [-0.25, -0.2) is 11.5 Å². The van der Waals surface area contributed by atoms with Crippen molar-refractivity contribution in [1.82, 2.24) is 5.32 Å². The maximum absolute atomic E-state index is 10.1. The average Bonchev–Trinajstić information content (AvgIpc) is 2.45. The molecule has 0 aliphatic carbocycles. The zero-order valence-corrected chi connectivity index (χ0v) is 19.2. The van der Waals surface area contributed by atoms with Gasteiger partial charge in [0.15, 0.2) is 0 Å². The molecule has 0 saturated carbocycles. The molecular formula is C12H22BrNNa2O4S. The smallest absolute Gasteiger partial charge is 0.516 e. The summed E-state index contributed by atoms with van der Waals surface area (Å²) in [5.74, 6) is 0.819. The number of halogens is 1. The first-order valence-corrected chi connectivity index (χ1v) is 7.65. The molecule has 4 N–H and O–H groups in total. The van der Waals surface area contributed by atoms with Gasteiger partial charge in [0.2, 0.25) is 5.91 Å². The molecular weight excluding hydrogens is 380 g/mol. The fourth-order valence-electron chi connectivity index (χ4n) is 0.501. The van der Waals surface area contributed by atoms with Crippen LogP contribution < -0.4 is 64.4 Å². The van der Waals surface area contributed by atoms with Crippen molar-refractivity contribution >= 4 is 33.6 Å². The first kappa shape index (κ1) is 34.1. The second kappa shape index (κ2) is 37.7. The minimum absolute atomic E-state index is 0. The van der Waals surface area contributed by atoms with Gasteiger partial charge in [-0.15, -0.1) is 0 Å². The third-order valence-corrected chi connectivity index (χ3v) is 2.50.